The lowest BCUT2D eigenvalue weighted by molar-refractivity contribution is 0.377. The van der Waals surface area contributed by atoms with Crippen LogP contribution in [0.25, 0.3) is 0 Å². The van der Waals surface area contributed by atoms with Crippen LogP contribution in [0.3, 0.4) is 0 Å². The first-order valence-corrected chi connectivity index (χ1v) is 6.05. The lowest BCUT2D eigenvalue weighted by atomic mass is 10.2. The van der Waals surface area contributed by atoms with Gasteiger partial charge in [-0.1, -0.05) is 42.9 Å². The number of nitrogens with zero attached hydrogens (tertiary/aromatic N) is 1. The highest BCUT2D eigenvalue weighted by Gasteiger charge is 2.08. The maximum Gasteiger partial charge on any atom is 0.0166 e. The van der Waals surface area contributed by atoms with Crippen LogP contribution in [0.15, 0.2) is 36.0 Å². The predicted octanol–water partition coefficient (Wildman–Crippen LogP) is 3.55. The van der Waals surface area contributed by atoms with E-state index in [4.69, 9.17) is 0 Å². The molecule has 1 fully saturated rings. The van der Waals surface area contributed by atoms with Gasteiger partial charge in [0.1, 0.15) is 0 Å². The van der Waals surface area contributed by atoms with E-state index in [1.807, 2.05) is 0 Å². The van der Waals surface area contributed by atoms with Crippen molar-refractivity contribution in [1.82, 2.24) is 4.90 Å². The Morgan fingerprint density at radius 1 is 1.20 bits per heavy atom. The maximum absolute atomic E-state index is 2.51. The van der Waals surface area contributed by atoms with Crippen molar-refractivity contribution in [3.05, 3.63) is 36.0 Å². The molecule has 0 saturated carbocycles. The number of allylic oxidation sites excluding steroid dienone is 5. The Kier molecular flexibility index (Phi) is 6.10. The average molecular weight is 205 g/mol. The smallest absolute Gasteiger partial charge is 0.0166 e. The Bertz CT molecular complexity index is 242. The summed E-state index contributed by atoms with van der Waals surface area (Å²) in [4.78, 5) is 2.51. The molecular weight excluding hydrogens is 182 g/mol. The van der Waals surface area contributed by atoms with E-state index in [2.05, 4.69) is 49.1 Å². The minimum atomic E-state index is 1.11. The van der Waals surface area contributed by atoms with Gasteiger partial charge in [-0.15, -0.1) is 0 Å². The van der Waals surface area contributed by atoms with Crippen LogP contribution >= 0.6 is 0 Å². The van der Waals surface area contributed by atoms with E-state index in [1.165, 1.54) is 31.5 Å². The van der Waals surface area contributed by atoms with Crippen LogP contribution in [0.4, 0.5) is 0 Å². The quantitative estimate of drug-likeness (QED) is 0.620. The Morgan fingerprint density at radius 3 is 2.60 bits per heavy atom. The highest BCUT2D eigenvalue weighted by atomic mass is 15.1. The Balaban J connectivity index is 2.23. The van der Waals surface area contributed by atoms with Crippen LogP contribution < -0.4 is 0 Å². The third-order valence-electron chi connectivity index (χ3n) is 2.67. The summed E-state index contributed by atoms with van der Waals surface area (Å²) < 4.78 is 0. The third-order valence-corrected chi connectivity index (χ3v) is 2.67. The van der Waals surface area contributed by atoms with Crippen molar-refractivity contribution in [3.63, 3.8) is 0 Å². The summed E-state index contributed by atoms with van der Waals surface area (Å²) in [5, 5.41) is 0. The Labute approximate surface area is 94.2 Å². The zero-order valence-corrected chi connectivity index (χ0v) is 10.1. The molecule has 0 bridgehead atoms. The summed E-state index contributed by atoms with van der Waals surface area (Å²) in [6, 6.07) is 0. The minimum absolute atomic E-state index is 1.11. The van der Waals surface area contributed by atoms with E-state index in [-0.39, 0.29) is 0 Å². The van der Waals surface area contributed by atoms with Gasteiger partial charge in [-0.05, 0) is 39.3 Å². The van der Waals surface area contributed by atoms with Gasteiger partial charge >= 0.3 is 0 Å². The van der Waals surface area contributed by atoms with Crippen LogP contribution in [-0.2, 0) is 0 Å². The number of likely N-dealkylation sites (tertiary alicyclic amines) is 1. The van der Waals surface area contributed by atoms with Crippen molar-refractivity contribution in [2.24, 2.45) is 0 Å². The van der Waals surface area contributed by atoms with Gasteiger partial charge in [-0.3, -0.25) is 4.90 Å². The summed E-state index contributed by atoms with van der Waals surface area (Å²) in [6.07, 6.45) is 14.8. The van der Waals surface area contributed by atoms with E-state index in [0.717, 1.165) is 13.0 Å². The zero-order valence-electron chi connectivity index (χ0n) is 10.1. The molecule has 1 nitrogen and oxygen atoms in total. The van der Waals surface area contributed by atoms with E-state index in [1.54, 1.807) is 0 Å². The molecule has 1 rings (SSSR count). The molecule has 0 aromatic rings. The first-order valence-electron chi connectivity index (χ1n) is 6.05. The molecule has 0 radical (unpaired) electrons. The highest BCUT2D eigenvalue weighted by molar-refractivity contribution is 5.21. The van der Waals surface area contributed by atoms with Gasteiger partial charge in [0.15, 0.2) is 0 Å². The van der Waals surface area contributed by atoms with Gasteiger partial charge in [0.25, 0.3) is 0 Å². The van der Waals surface area contributed by atoms with Crippen molar-refractivity contribution in [2.45, 2.75) is 33.1 Å². The predicted molar refractivity (Wildman–Crippen MR) is 68.0 cm³/mol. The van der Waals surface area contributed by atoms with Crippen LogP contribution in [0.5, 0.6) is 0 Å². The fourth-order valence-corrected chi connectivity index (χ4v) is 1.76. The van der Waals surface area contributed by atoms with E-state index in [0.29, 0.717) is 0 Å². The monoisotopic (exact) mass is 205 g/mol. The standard InChI is InChI=1S/C14H23N/c1-3-4-5-9-14(2)10-8-13-15-11-6-7-12-15/h4-5,8-10H,3,6-7,11-13H2,1-2H3/b5-4-,10-8+,14-9-. The van der Waals surface area contributed by atoms with Crippen molar-refractivity contribution in [3.8, 4) is 0 Å². The number of hydrogen-bond acceptors (Lipinski definition) is 1. The van der Waals surface area contributed by atoms with Gasteiger partial charge in [0.2, 0.25) is 0 Å². The third kappa shape index (κ3) is 5.58. The van der Waals surface area contributed by atoms with E-state index < -0.39 is 0 Å². The average Bonchev–Trinajstić information content (AvgIpc) is 2.71. The molecular formula is C14H23N. The van der Waals surface area contributed by atoms with Gasteiger partial charge in [0.05, 0.1) is 0 Å². The van der Waals surface area contributed by atoms with E-state index in [9.17, 15) is 0 Å². The van der Waals surface area contributed by atoms with E-state index >= 15 is 0 Å². The maximum atomic E-state index is 2.51. The van der Waals surface area contributed by atoms with Gasteiger partial charge < -0.3 is 0 Å². The first kappa shape index (κ1) is 12.3. The van der Waals surface area contributed by atoms with Gasteiger partial charge in [0, 0.05) is 6.54 Å². The van der Waals surface area contributed by atoms with Gasteiger partial charge in [-0.25, -0.2) is 0 Å². The Hall–Kier alpha value is -0.820. The summed E-state index contributed by atoms with van der Waals surface area (Å²) in [5.74, 6) is 0. The topological polar surface area (TPSA) is 3.24 Å². The molecule has 0 unspecified atom stereocenters. The zero-order chi connectivity index (χ0) is 10.9. The molecule has 0 amide bonds. The van der Waals surface area contributed by atoms with Crippen molar-refractivity contribution >= 4 is 0 Å². The molecule has 1 aliphatic rings. The molecule has 0 aromatic heterocycles. The SMILES string of the molecule is CC\C=C/C=C(C)\C=C\CN1CCCC1. The minimum Gasteiger partial charge on any atom is -0.300 e. The van der Waals surface area contributed by atoms with Crippen molar-refractivity contribution < 1.29 is 0 Å². The second-order valence-corrected chi connectivity index (χ2v) is 4.16. The summed E-state index contributed by atoms with van der Waals surface area (Å²) in [5.41, 5.74) is 1.33. The number of hydrogen-bond donors (Lipinski definition) is 0. The molecule has 1 heterocycles. The van der Waals surface area contributed by atoms with Gasteiger partial charge in [-0.2, -0.15) is 0 Å². The second kappa shape index (κ2) is 7.47. The molecule has 0 atom stereocenters. The van der Waals surface area contributed by atoms with Crippen molar-refractivity contribution in [1.29, 1.82) is 0 Å². The molecule has 0 spiro atoms. The van der Waals surface area contributed by atoms with Crippen LogP contribution in [0.1, 0.15) is 33.1 Å². The summed E-state index contributed by atoms with van der Waals surface area (Å²) >= 11 is 0. The fourth-order valence-electron chi connectivity index (χ4n) is 1.76. The van der Waals surface area contributed by atoms with Crippen LogP contribution in [0, 0.1) is 0 Å². The molecule has 1 aliphatic heterocycles. The molecule has 1 heteroatoms. The molecule has 1 saturated heterocycles. The number of rotatable bonds is 5. The largest absolute Gasteiger partial charge is 0.300 e. The normalized spacial score (nSPS) is 19.7. The molecule has 0 aromatic carbocycles. The lowest BCUT2D eigenvalue weighted by Crippen LogP contribution is -2.18. The van der Waals surface area contributed by atoms with Crippen molar-refractivity contribution in [2.75, 3.05) is 19.6 Å². The molecule has 84 valence electrons. The molecule has 15 heavy (non-hydrogen) atoms. The molecule has 0 N–H and O–H groups in total. The van der Waals surface area contributed by atoms with Crippen LogP contribution in [-0.4, -0.2) is 24.5 Å². The second-order valence-electron chi connectivity index (χ2n) is 4.16. The summed E-state index contributed by atoms with van der Waals surface area (Å²) in [7, 11) is 0. The lowest BCUT2D eigenvalue weighted by Gasteiger charge is -2.10. The molecule has 0 aliphatic carbocycles. The summed E-state index contributed by atoms with van der Waals surface area (Å²) in [6.45, 7) is 7.98. The fraction of sp³-hybridized carbons (Fsp3) is 0.571. The first-order chi connectivity index (χ1) is 7.33. The highest BCUT2D eigenvalue weighted by Crippen LogP contribution is 2.06. The Morgan fingerprint density at radius 2 is 1.93 bits per heavy atom. The van der Waals surface area contributed by atoms with Crippen LogP contribution in [0.2, 0.25) is 0 Å².